The van der Waals surface area contributed by atoms with E-state index in [-0.39, 0.29) is 12.0 Å². The van der Waals surface area contributed by atoms with Crippen LogP contribution in [-0.4, -0.2) is 64.2 Å². The van der Waals surface area contributed by atoms with Gasteiger partial charge in [0.2, 0.25) is 5.89 Å². The van der Waals surface area contributed by atoms with E-state index in [1.54, 1.807) is 4.68 Å². The van der Waals surface area contributed by atoms with Crippen molar-refractivity contribution in [3.8, 4) is 5.95 Å². The summed E-state index contributed by atoms with van der Waals surface area (Å²) in [5, 5.41) is 12.6. The molecule has 3 aromatic rings. The van der Waals surface area contributed by atoms with E-state index >= 15 is 0 Å². The van der Waals surface area contributed by atoms with Crippen LogP contribution in [0.5, 0.6) is 0 Å². The Morgan fingerprint density at radius 1 is 1.31 bits per heavy atom. The molecule has 0 unspecified atom stereocenters. The third kappa shape index (κ3) is 4.24. The third-order valence-electron chi connectivity index (χ3n) is 5.44. The quantitative estimate of drug-likeness (QED) is 0.637. The maximum absolute atomic E-state index is 11.1. The summed E-state index contributed by atoms with van der Waals surface area (Å²) in [5.41, 5.74) is 1.93. The molecule has 0 atom stereocenters. The first-order chi connectivity index (χ1) is 14.2. The maximum Gasteiger partial charge on any atom is 0.406 e. The average Bonchev–Trinajstić information content (AvgIpc) is 3.37. The molecule has 0 aliphatic carbocycles. The van der Waals surface area contributed by atoms with Crippen molar-refractivity contribution in [3.63, 3.8) is 0 Å². The highest BCUT2D eigenvalue weighted by Gasteiger charge is 2.26. The molecule has 2 aromatic heterocycles. The second kappa shape index (κ2) is 8.60. The number of rotatable bonds is 6. The zero-order chi connectivity index (χ0) is 20.2. The van der Waals surface area contributed by atoms with E-state index in [2.05, 4.69) is 30.2 Å². The van der Waals surface area contributed by atoms with Gasteiger partial charge in [-0.25, -0.2) is 4.79 Å². The molecule has 29 heavy (non-hydrogen) atoms. The first-order valence-electron chi connectivity index (χ1n) is 9.98. The molecule has 154 valence electrons. The molecular weight excluding hydrogens is 372 g/mol. The number of carbonyl (C=O) groups is 1. The number of hydrogen-bond donors (Lipinski definition) is 1. The number of nitrogens with one attached hydrogen (secondary N) is 1. The lowest BCUT2D eigenvalue weighted by Gasteiger charge is -2.30. The Morgan fingerprint density at radius 3 is 2.90 bits per heavy atom. The van der Waals surface area contributed by atoms with Crippen molar-refractivity contribution in [2.24, 2.45) is 0 Å². The lowest BCUT2D eigenvalue weighted by molar-refractivity contribution is 0.168. The van der Waals surface area contributed by atoms with E-state index in [0.717, 1.165) is 55.5 Å². The lowest BCUT2D eigenvalue weighted by atomic mass is 9.97. The minimum Gasteiger partial charge on any atom is -0.453 e. The number of alkyl carbamates (subject to hydrolysis) is 1. The van der Waals surface area contributed by atoms with Gasteiger partial charge in [0.25, 0.3) is 5.95 Å². The average molecular weight is 398 g/mol. The Hall–Kier alpha value is -2.94. The van der Waals surface area contributed by atoms with Crippen LogP contribution in [0.15, 0.2) is 28.8 Å². The zero-order valence-electron chi connectivity index (χ0n) is 16.8. The molecule has 0 saturated carbocycles. The molecule has 1 amide bonds. The summed E-state index contributed by atoms with van der Waals surface area (Å²) >= 11 is 0. The van der Waals surface area contributed by atoms with Crippen LogP contribution in [0.1, 0.15) is 36.8 Å². The number of ether oxygens (including phenoxy) is 1. The Balaban J connectivity index is 1.33. The molecule has 0 bridgehead atoms. The summed E-state index contributed by atoms with van der Waals surface area (Å²) in [4.78, 5) is 18.1. The number of fused-ring (bicyclic) bond motifs is 1. The van der Waals surface area contributed by atoms with Gasteiger partial charge in [0, 0.05) is 17.8 Å². The van der Waals surface area contributed by atoms with Gasteiger partial charge in [0.15, 0.2) is 0 Å². The minimum atomic E-state index is -0.379. The SMILES string of the molecule is COC(=O)NCCCN1CCC(c2nc(-n3nc(C)c4ccccc43)no2)CC1. The van der Waals surface area contributed by atoms with E-state index in [1.807, 2.05) is 31.2 Å². The fourth-order valence-corrected chi connectivity index (χ4v) is 3.82. The number of likely N-dealkylation sites (tertiary alicyclic amines) is 1. The summed E-state index contributed by atoms with van der Waals surface area (Å²) in [5.74, 6) is 1.44. The number of methoxy groups -OCH3 is 1. The van der Waals surface area contributed by atoms with E-state index in [9.17, 15) is 4.79 Å². The molecular formula is C20H26N6O3. The van der Waals surface area contributed by atoms with E-state index in [1.165, 1.54) is 7.11 Å². The van der Waals surface area contributed by atoms with Crippen LogP contribution in [0.25, 0.3) is 16.9 Å². The summed E-state index contributed by atoms with van der Waals surface area (Å²) in [6.45, 7) is 5.51. The second-order valence-corrected chi connectivity index (χ2v) is 7.33. The van der Waals surface area contributed by atoms with Gasteiger partial charge in [-0.2, -0.15) is 14.8 Å². The summed E-state index contributed by atoms with van der Waals surface area (Å²) < 4.78 is 11.9. The Bertz CT molecular complexity index is 974. The van der Waals surface area contributed by atoms with Crippen molar-refractivity contribution in [2.75, 3.05) is 33.3 Å². The number of hydrogen-bond acceptors (Lipinski definition) is 7. The molecule has 3 heterocycles. The van der Waals surface area contributed by atoms with Crippen LogP contribution < -0.4 is 5.32 Å². The predicted octanol–water partition coefficient (Wildman–Crippen LogP) is 2.64. The van der Waals surface area contributed by atoms with Crippen LogP contribution in [0.2, 0.25) is 0 Å². The van der Waals surface area contributed by atoms with Crippen LogP contribution >= 0.6 is 0 Å². The van der Waals surface area contributed by atoms with Gasteiger partial charge in [-0.05, 0) is 57.0 Å². The highest BCUT2D eigenvalue weighted by molar-refractivity contribution is 5.82. The number of nitrogens with zero attached hydrogens (tertiary/aromatic N) is 5. The fraction of sp³-hybridized carbons (Fsp3) is 0.500. The van der Waals surface area contributed by atoms with E-state index in [0.29, 0.717) is 18.4 Å². The standard InChI is InChI=1S/C20H26N6O3/c1-14-16-6-3-4-7-17(16)26(23-14)19-22-18(29-24-19)15-8-12-25(13-9-15)11-5-10-21-20(27)28-2/h3-4,6-7,15H,5,8-13H2,1-2H3,(H,21,27). The molecule has 0 spiro atoms. The normalized spacial score (nSPS) is 15.7. The Kier molecular flexibility index (Phi) is 5.75. The topological polar surface area (TPSA) is 98.3 Å². The van der Waals surface area contributed by atoms with Gasteiger partial charge in [-0.3, -0.25) is 0 Å². The summed E-state index contributed by atoms with van der Waals surface area (Å²) in [7, 11) is 1.37. The molecule has 4 rings (SSSR count). The van der Waals surface area contributed by atoms with Crippen LogP contribution in [0, 0.1) is 6.92 Å². The molecule has 9 nitrogen and oxygen atoms in total. The molecule has 0 radical (unpaired) electrons. The van der Waals surface area contributed by atoms with Gasteiger partial charge in [-0.1, -0.05) is 18.2 Å². The molecule has 1 saturated heterocycles. The third-order valence-corrected chi connectivity index (χ3v) is 5.44. The van der Waals surface area contributed by atoms with Crippen LogP contribution in [-0.2, 0) is 4.74 Å². The molecule has 9 heteroatoms. The Morgan fingerprint density at radius 2 is 2.10 bits per heavy atom. The first kappa shape index (κ1) is 19.4. The Labute approximate surface area is 169 Å². The summed E-state index contributed by atoms with van der Waals surface area (Å²) in [6.07, 6.45) is 2.47. The molecule has 1 aliphatic rings. The highest BCUT2D eigenvalue weighted by atomic mass is 16.5. The number of benzene rings is 1. The van der Waals surface area contributed by atoms with Crippen molar-refractivity contribution in [1.29, 1.82) is 0 Å². The van der Waals surface area contributed by atoms with Gasteiger partial charge in [0.05, 0.1) is 18.3 Å². The van der Waals surface area contributed by atoms with Crippen LogP contribution in [0.3, 0.4) is 0 Å². The largest absolute Gasteiger partial charge is 0.453 e. The first-order valence-corrected chi connectivity index (χ1v) is 9.98. The molecule has 1 aliphatic heterocycles. The van der Waals surface area contributed by atoms with Crippen molar-refractivity contribution in [3.05, 3.63) is 35.9 Å². The molecule has 1 N–H and O–H groups in total. The van der Waals surface area contributed by atoms with Gasteiger partial charge < -0.3 is 19.5 Å². The lowest BCUT2D eigenvalue weighted by Crippen LogP contribution is -2.35. The zero-order valence-corrected chi connectivity index (χ0v) is 16.8. The van der Waals surface area contributed by atoms with Crippen molar-refractivity contribution in [1.82, 2.24) is 30.1 Å². The number of amides is 1. The maximum atomic E-state index is 11.1. The monoisotopic (exact) mass is 398 g/mol. The van der Waals surface area contributed by atoms with Crippen LogP contribution in [0.4, 0.5) is 4.79 Å². The van der Waals surface area contributed by atoms with Gasteiger partial charge in [0.1, 0.15) is 0 Å². The number of aryl methyl sites for hydroxylation is 1. The smallest absolute Gasteiger partial charge is 0.406 e. The number of carbonyl (C=O) groups excluding carboxylic acids is 1. The molecule has 1 aromatic carbocycles. The second-order valence-electron chi connectivity index (χ2n) is 7.33. The van der Waals surface area contributed by atoms with Crippen molar-refractivity contribution >= 4 is 17.0 Å². The highest BCUT2D eigenvalue weighted by Crippen LogP contribution is 2.28. The fourth-order valence-electron chi connectivity index (χ4n) is 3.82. The molecule has 1 fully saturated rings. The minimum absolute atomic E-state index is 0.267. The van der Waals surface area contributed by atoms with Gasteiger partial charge in [-0.15, -0.1) is 0 Å². The van der Waals surface area contributed by atoms with Gasteiger partial charge >= 0.3 is 6.09 Å². The van der Waals surface area contributed by atoms with Crippen molar-refractivity contribution < 1.29 is 14.1 Å². The number of piperidine rings is 1. The predicted molar refractivity (Wildman–Crippen MR) is 107 cm³/mol. The number of aromatic nitrogens is 4. The summed E-state index contributed by atoms with van der Waals surface area (Å²) in [6, 6.07) is 8.05. The van der Waals surface area contributed by atoms with E-state index < -0.39 is 0 Å². The van der Waals surface area contributed by atoms with Crippen molar-refractivity contribution in [2.45, 2.75) is 32.1 Å². The number of para-hydroxylation sites is 1. The van der Waals surface area contributed by atoms with E-state index in [4.69, 9.17) is 4.52 Å².